The highest BCUT2D eigenvalue weighted by molar-refractivity contribution is 7.92. The first-order valence-electron chi connectivity index (χ1n) is 8.74. The van der Waals surface area contributed by atoms with Crippen LogP contribution in [-0.2, 0) is 16.4 Å². The summed E-state index contributed by atoms with van der Waals surface area (Å²) in [7, 11) is -3.71. The number of anilines is 1. The molecule has 2 aromatic carbocycles. The van der Waals surface area contributed by atoms with Crippen molar-refractivity contribution in [2.24, 2.45) is 0 Å². The average molecular weight is 407 g/mol. The van der Waals surface area contributed by atoms with Gasteiger partial charge in [0, 0.05) is 22.2 Å². The minimum absolute atomic E-state index is 0.169. The van der Waals surface area contributed by atoms with Crippen LogP contribution < -0.4 is 9.62 Å². The third kappa shape index (κ3) is 3.96. The van der Waals surface area contributed by atoms with Crippen molar-refractivity contribution in [1.82, 2.24) is 5.32 Å². The first kappa shape index (κ1) is 19.7. The normalized spacial score (nSPS) is 16.9. The summed E-state index contributed by atoms with van der Waals surface area (Å²) in [5.74, 6) is -0.169. The molecule has 144 valence electrons. The van der Waals surface area contributed by atoms with Crippen LogP contribution in [-0.4, -0.2) is 25.9 Å². The van der Waals surface area contributed by atoms with Crippen LogP contribution in [0, 0.1) is 0 Å². The number of nitrogens with zero attached hydrogens (tertiary/aromatic N) is 1. The minimum Gasteiger partial charge on any atom is -0.347 e. The second-order valence-electron chi connectivity index (χ2n) is 7.86. The third-order valence-electron chi connectivity index (χ3n) is 4.35. The summed E-state index contributed by atoms with van der Waals surface area (Å²) in [6, 6.07) is 11.1. The van der Waals surface area contributed by atoms with Crippen LogP contribution in [0.4, 0.5) is 5.69 Å². The van der Waals surface area contributed by atoms with E-state index in [0.717, 1.165) is 5.56 Å². The predicted octanol–water partition coefficient (Wildman–Crippen LogP) is 4.01. The van der Waals surface area contributed by atoms with Crippen molar-refractivity contribution < 1.29 is 13.2 Å². The van der Waals surface area contributed by atoms with Crippen LogP contribution in [0.3, 0.4) is 0 Å². The molecule has 0 radical (unpaired) electrons. The Kier molecular flexibility index (Phi) is 4.99. The highest BCUT2D eigenvalue weighted by atomic mass is 35.5. The zero-order valence-corrected chi connectivity index (χ0v) is 17.4. The van der Waals surface area contributed by atoms with E-state index >= 15 is 0 Å². The van der Waals surface area contributed by atoms with Crippen molar-refractivity contribution in [1.29, 1.82) is 0 Å². The number of halogens is 1. The number of benzene rings is 2. The SMILES string of the molecule is C[C@@H]1Cc2cc(C(=O)NC(C)(C)C)ccc2N1S(=O)(=O)c1ccc(Cl)cc1. The summed E-state index contributed by atoms with van der Waals surface area (Å²) in [6.07, 6.45) is 0.554. The van der Waals surface area contributed by atoms with Crippen molar-refractivity contribution in [3.8, 4) is 0 Å². The Labute approximate surface area is 165 Å². The van der Waals surface area contributed by atoms with E-state index in [0.29, 0.717) is 22.7 Å². The van der Waals surface area contributed by atoms with Crippen molar-refractivity contribution in [3.05, 3.63) is 58.6 Å². The molecule has 1 atom stereocenters. The summed E-state index contributed by atoms with van der Waals surface area (Å²) >= 11 is 5.88. The van der Waals surface area contributed by atoms with E-state index in [1.807, 2.05) is 27.7 Å². The highest BCUT2D eigenvalue weighted by Gasteiger charge is 2.36. The van der Waals surface area contributed by atoms with Gasteiger partial charge in [-0.25, -0.2) is 8.42 Å². The fraction of sp³-hybridized carbons (Fsp3) is 0.350. The summed E-state index contributed by atoms with van der Waals surface area (Å²) in [5.41, 5.74) is 1.65. The van der Waals surface area contributed by atoms with Crippen LogP contribution in [0.25, 0.3) is 0 Å². The zero-order valence-electron chi connectivity index (χ0n) is 15.8. The number of carbonyl (C=O) groups excluding carboxylic acids is 1. The van der Waals surface area contributed by atoms with Crippen molar-refractivity contribution in [2.45, 2.75) is 50.6 Å². The number of sulfonamides is 1. The molecule has 1 aliphatic rings. The topological polar surface area (TPSA) is 66.5 Å². The van der Waals surface area contributed by atoms with E-state index in [2.05, 4.69) is 5.32 Å². The number of nitrogens with one attached hydrogen (secondary N) is 1. The fourth-order valence-corrected chi connectivity index (χ4v) is 5.06. The van der Waals surface area contributed by atoms with Crippen LogP contribution in [0.1, 0.15) is 43.6 Å². The van der Waals surface area contributed by atoms with Gasteiger partial charge in [0.25, 0.3) is 15.9 Å². The van der Waals surface area contributed by atoms with Gasteiger partial charge in [0.2, 0.25) is 0 Å². The number of carbonyl (C=O) groups is 1. The Morgan fingerprint density at radius 3 is 2.37 bits per heavy atom. The second kappa shape index (κ2) is 6.84. The van der Waals surface area contributed by atoms with Gasteiger partial charge in [-0.15, -0.1) is 0 Å². The predicted molar refractivity (Wildman–Crippen MR) is 108 cm³/mol. The van der Waals surface area contributed by atoms with Crippen molar-refractivity contribution >= 4 is 33.2 Å². The zero-order chi connectivity index (χ0) is 20.0. The molecule has 0 fully saturated rings. The Morgan fingerprint density at radius 2 is 1.78 bits per heavy atom. The van der Waals surface area contributed by atoms with Gasteiger partial charge in [0.05, 0.1) is 10.6 Å². The molecule has 0 spiro atoms. The number of fused-ring (bicyclic) bond motifs is 1. The molecule has 1 aliphatic heterocycles. The van der Waals surface area contributed by atoms with E-state index in [1.165, 1.54) is 16.4 Å². The lowest BCUT2D eigenvalue weighted by atomic mass is 10.0. The van der Waals surface area contributed by atoms with Gasteiger partial charge in [0.1, 0.15) is 0 Å². The molecule has 1 heterocycles. The maximum absolute atomic E-state index is 13.1. The molecule has 2 aromatic rings. The largest absolute Gasteiger partial charge is 0.347 e. The maximum atomic E-state index is 13.1. The number of rotatable bonds is 3. The van der Waals surface area contributed by atoms with E-state index < -0.39 is 10.0 Å². The molecule has 0 saturated heterocycles. The van der Waals surface area contributed by atoms with E-state index in [9.17, 15) is 13.2 Å². The Bertz CT molecular complexity index is 979. The molecular weight excluding hydrogens is 384 g/mol. The molecule has 7 heteroatoms. The third-order valence-corrected chi connectivity index (χ3v) is 6.55. The van der Waals surface area contributed by atoms with Gasteiger partial charge < -0.3 is 5.32 Å². The van der Waals surface area contributed by atoms with E-state index in [-0.39, 0.29) is 22.4 Å². The summed E-state index contributed by atoms with van der Waals surface area (Å²) in [4.78, 5) is 12.6. The number of hydrogen-bond acceptors (Lipinski definition) is 3. The maximum Gasteiger partial charge on any atom is 0.264 e. The van der Waals surface area contributed by atoms with Crippen LogP contribution in [0.2, 0.25) is 5.02 Å². The Morgan fingerprint density at radius 1 is 1.15 bits per heavy atom. The van der Waals surface area contributed by atoms with Crippen LogP contribution >= 0.6 is 11.6 Å². The second-order valence-corrected chi connectivity index (χ2v) is 10.1. The van der Waals surface area contributed by atoms with Crippen molar-refractivity contribution in [2.75, 3.05) is 4.31 Å². The average Bonchev–Trinajstić information content (AvgIpc) is 2.89. The highest BCUT2D eigenvalue weighted by Crippen LogP contribution is 2.37. The smallest absolute Gasteiger partial charge is 0.264 e. The number of amides is 1. The first-order valence-corrected chi connectivity index (χ1v) is 10.6. The first-order chi connectivity index (χ1) is 12.5. The molecule has 0 bridgehead atoms. The van der Waals surface area contributed by atoms with Gasteiger partial charge in [-0.05, 0) is 82.1 Å². The van der Waals surface area contributed by atoms with Crippen molar-refractivity contribution in [3.63, 3.8) is 0 Å². The molecule has 1 N–H and O–H groups in total. The lowest BCUT2D eigenvalue weighted by molar-refractivity contribution is 0.0919. The molecule has 5 nitrogen and oxygen atoms in total. The van der Waals surface area contributed by atoms with Gasteiger partial charge in [0.15, 0.2) is 0 Å². The Hall–Kier alpha value is -2.05. The van der Waals surface area contributed by atoms with E-state index in [1.54, 1.807) is 30.3 Å². The molecule has 0 saturated carbocycles. The summed E-state index contributed by atoms with van der Waals surface area (Å²) in [5, 5.41) is 3.41. The summed E-state index contributed by atoms with van der Waals surface area (Å²) in [6.45, 7) is 7.62. The van der Waals surface area contributed by atoms with Crippen LogP contribution in [0.15, 0.2) is 47.4 Å². The van der Waals surface area contributed by atoms with Gasteiger partial charge >= 0.3 is 0 Å². The number of hydrogen-bond donors (Lipinski definition) is 1. The quantitative estimate of drug-likeness (QED) is 0.837. The lowest BCUT2D eigenvalue weighted by Gasteiger charge is -2.24. The molecule has 3 rings (SSSR count). The summed E-state index contributed by atoms with van der Waals surface area (Å²) < 4.78 is 27.7. The molecule has 27 heavy (non-hydrogen) atoms. The molecule has 0 aromatic heterocycles. The fourth-order valence-electron chi connectivity index (χ4n) is 3.24. The van der Waals surface area contributed by atoms with Crippen LogP contribution in [0.5, 0.6) is 0 Å². The lowest BCUT2D eigenvalue weighted by Crippen LogP contribution is -2.40. The van der Waals surface area contributed by atoms with Gasteiger partial charge in [-0.2, -0.15) is 0 Å². The molecule has 1 amide bonds. The van der Waals surface area contributed by atoms with Gasteiger partial charge in [-0.3, -0.25) is 9.10 Å². The standard InChI is InChI=1S/C20H23ClN2O3S/c1-13-11-15-12-14(19(24)22-20(2,3)4)5-10-18(15)23(13)27(25,26)17-8-6-16(21)7-9-17/h5-10,12-13H,11H2,1-4H3,(H,22,24)/t13-/m1/s1. The Balaban J connectivity index is 1.96. The van der Waals surface area contributed by atoms with E-state index in [4.69, 9.17) is 11.6 Å². The minimum atomic E-state index is -3.71. The molecule has 0 unspecified atom stereocenters. The molecule has 0 aliphatic carbocycles. The molecular formula is C20H23ClN2O3S. The monoisotopic (exact) mass is 406 g/mol. The van der Waals surface area contributed by atoms with Gasteiger partial charge in [-0.1, -0.05) is 11.6 Å².